The summed E-state index contributed by atoms with van der Waals surface area (Å²) >= 11 is 1.53. The molecule has 0 radical (unpaired) electrons. The number of aliphatic hydroxyl groups is 1. The van der Waals surface area contributed by atoms with Crippen LogP contribution in [0.4, 0.5) is 13.2 Å². The number of hydrogen-bond donors (Lipinski definition) is 3. The number of pyridine rings is 1. The molecule has 5 rings (SSSR count). The highest BCUT2D eigenvalue weighted by atomic mass is 32.1. The number of likely N-dealkylation sites (tertiary alicyclic amines) is 1. The highest BCUT2D eigenvalue weighted by Crippen LogP contribution is 2.35. The van der Waals surface area contributed by atoms with E-state index in [1.165, 1.54) is 23.5 Å². The molecule has 0 spiro atoms. The van der Waals surface area contributed by atoms with Gasteiger partial charge >= 0.3 is 6.18 Å². The highest BCUT2D eigenvalue weighted by Gasteiger charge is 2.34. The molecular weight excluding hydrogens is 615 g/mol. The molecule has 3 heterocycles. The number of carbonyl (C=O) groups excluding carboxylic acids is 2. The Morgan fingerprint density at radius 1 is 1.02 bits per heavy atom. The van der Waals surface area contributed by atoms with Crippen LogP contribution in [0.25, 0.3) is 0 Å². The topological polar surface area (TPSA) is 107 Å². The van der Waals surface area contributed by atoms with Gasteiger partial charge < -0.3 is 20.6 Å². The SMILES string of the molecule is Cc1cc(C(=O)N[C@@H](Cc2ccccc2)[C@H](O)CNCc2cccc(C(F)(F)F)c2)cc(C(=O)N2CCCC2c2nc(C)cs2)n1. The molecule has 0 aliphatic carbocycles. The van der Waals surface area contributed by atoms with E-state index >= 15 is 0 Å². The number of alkyl halides is 3. The molecule has 1 aliphatic heterocycles. The van der Waals surface area contributed by atoms with E-state index in [1.807, 2.05) is 42.6 Å². The Morgan fingerprint density at radius 3 is 2.50 bits per heavy atom. The highest BCUT2D eigenvalue weighted by molar-refractivity contribution is 7.09. The summed E-state index contributed by atoms with van der Waals surface area (Å²) in [5.41, 5.74) is 2.35. The van der Waals surface area contributed by atoms with Gasteiger partial charge in [-0.1, -0.05) is 48.5 Å². The molecule has 12 heteroatoms. The predicted molar refractivity (Wildman–Crippen MR) is 169 cm³/mol. The van der Waals surface area contributed by atoms with E-state index in [-0.39, 0.29) is 36.3 Å². The molecule has 46 heavy (non-hydrogen) atoms. The van der Waals surface area contributed by atoms with Crippen LogP contribution in [0.5, 0.6) is 0 Å². The monoisotopic (exact) mass is 651 g/mol. The molecule has 3 N–H and O–H groups in total. The lowest BCUT2D eigenvalue weighted by Crippen LogP contribution is -2.48. The van der Waals surface area contributed by atoms with Gasteiger partial charge in [-0.3, -0.25) is 9.59 Å². The second-order valence-corrected chi connectivity index (χ2v) is 12.4. The number of hydrogen-bond acceptors (Lipinski definition) is 7. The Bertz CT molecular complexity index is 1660. The third kappa shape index (κ3) is 8.36. The summed E-state index contributed by atoms with van der Waals surface area (Å²) < 4.78 is 39.4. The Kier molecular flexibility index (Phi) is 10.5. The Hall–Kier alpha value is -4.13. The minimum Gasteiger partial charge on any atom is -0.390 e. The number of carbonyl (C=O) groups is 2. The predicted octanol–water partition coefficient (Wildman–Crippen LogP) is 5.64. The summed E-state index contributed by atoms with van der Waals surface area (Å²) in [6, 6.07) is 16.5. The van der Waals surface area contributed by atoms with Crippen LogP contribution in [0.15, 0.2) is 72.1 Å². The molecule has 2 aromatic carbocycles. The fourth-order valence-electron chi connectivity index (χ4n) is 5.62. The minimum absolute atomic E-state index is 0.0136. The van der Waals surface area contributed by atoms with Gasteiger partial charge in [-0.15, -0.1) is 11.3 Å². The van der Waals surface area contributed by atoms with Gasteiger partial charge in [0.15, 0.2) is 0 Å². The minimum atomic E-state index is -4.45. The first kappa shape index (κ1) is 33.2. The molecule has 1 saturated heterocycles. The largest absolute Gasteiger partial charge is 0.416 e. The van der Waals surface area contributed by atoms with E-state index in [2.05, 4.69) is 20.6 Å². The molecule has 2 aromatic heterocycles. The zero-order valence-corrected chi connectivity index (χ0v) is 26.4. The van der Waals surface area contributed by atoms with Crippen molar-refractivity contribution in [1.29, 1.82) is 0 Å². The molecule has 242 valence electrons. The van der Waals surface area contributed by atoms with Crippen LogP contribution < -0.4 is 10.6 Å². The first-order chi connectivity index (χ1) is 22.0. The van der Waals surface area contributed by atoms with Crippen molar-refractivity contribution in [3.8, 4) is 0 Å². The quantitative estimate of drug-likeness (QED) is 0.194. The van der Waals surface area contributed by atoms with Crippen LogP contribution in [0, 0.1) is 13.8 Å². The summed E-state index contributed by atoms with van der Waals surface area (Å²) in [7, 11) is 0. The van der Waals surface area contributed by atoms with Crippen molar-refractivity contribution in [1.82, 2.24) is 25.5 Å². The molecule has 0 saturated carbocycles. The Labute approximate surface area is 269 Å². The average Bonchev–Trinajstić information content (AvgIpc) is 3.69. The van der Waals surface area contributed by atoms with E-state index < -0.39 is 29.8 Å². The second kappa shape index (κ2) is 14.5. The summed E-state index contributed by atoms with van der Waals surface area (Å²) in [6.45, 7) is 4.31. The van der Waals surface area contributed by atoms with Crippen molar-refractivity contribution in [2.24, 2.45) is 0 Å². The lowest BCUT2D eigenvalue weighted by atomic mass is 10.00. The van der Waals surface area contributed by atoms with E-state index in [9.17, 15) is 27.9 Å². The number of halogens is 3. The van der Waals surface area contributed by atoms with Crippen LogP contribution in [-0.4, -0.2) is 57.0 Å². The van der Waals surface area contributed by atoms with E-state index in [0.717, 1.165) is 41.2 Å². The zero-order chi connectivity index (χ0) is 32.8. The number of nitrogens with one attached hydrogen (secondary N) is 2. The van der Waals surface area contributed by atoms with Gasteiger partial charge in [0.05, 0.1) is 23.8 Å². The van der Waals surface area contributed by atoms with Crippen molar-refractivity contribution >= 4 is 23.2 Å². The normalized spacial score (nSPS) is 16.3. The second-order valence-electron chi connectivity index (χ2n) is 11.5. The molecule has 3 atom stereocenters. The number of nitrogens with zero attached hydrogens (tertiary/aromatic N) is 3. The number of rotatable bonds is 11. The number of aliphatic hydroxyl groups excluding tert-OH is 1. The molecule has 1 aliphatic rings. The summed E-state index contributed by atoms with van der Waals surface area (Å²) in [4.78, 5) is 38.0. The van der Waals surface area contributed by atoms with Gasteiger partial charge in [-0.25, -0.2) is 9.97 Å². The number of aromatic nitrogens is 2. The van der Waals surface area contributed by atoms with Crippen LogP contribution in [-0.2, 0) is 19.1 Å². The van der Waals surface area contributed by atoms with Gasteiger partial charge in [0.25, 0.3) is 11.8 Å². The van der Waals surface area contributed by atoms with Gasteiger partial charge in [-0.2, -0.15) is 13.2 Å². The maximum Gasteiger partial charge on any atom is 0.416 e. The van der Waals surface area contributed by atoms with E-state index in [0.29, 0.717) is 24.2 Å². The number of benzene rings is 2. The third-order valence-corrected chi connectivity index (χ3v) is 8.95. The first-order valence-corrected chi connectivity index (χ1v) is 16.0. The summed E-state index contributed by atoms with van der Waals surface area (Å²) in [5.74, 6) is -0.751. The first-order valence-electron chi connectivity index (χ1n) is 15.1. The maximum absolute atomic E-state index is 13.6. The molecule has 1 unspecified atom stereocenters. The Balaban J connectivity index is 1.29. The molecule has 0 bridgehead atoms. The summed E-state index contributed by atoms with van der Waals surface area (Å²) in [6.07, 6.45) is -3.58. The molecule has 1 fully saturated rings. The fourth-order valence-corrected chi connectivity index (χ4v) is 6.56. The van der Waals surface area contributed by atoms with Crippen LogP contribution in [0.3, 0.4) is 0 Å². The van der Waals surface area contributed by atoms with Crippen LogP contribution in [0.1, 0.15) is 72.8 Å². The van der Waals surface area contributed by atoms with Gasteiger partial charge in [0, 0.05) is 42.0 Å². The standard InChI is InChI=1S/C34H36F3N5O3S/c1-21-14-25(17-28(39-21)33(45)42-13-7-12-29(42)32-40-22(2)20-46-32)31(44)41-27(16-23-8-4-3-5-9-23)30(43)19-38-18-24-10-6-11-26(15-24)34(35,36)37/h3-6,8-11,14-15,17,20,27,29-30,38,43H,7,12-13,16,18-19H2,1-2H3,(H,41,44)/t27-,29?,30+/m0/s1. The fraction of sp³-hybridized carbons (Fsp3) is 0.353. The van der Waals surface area contributed by atoms with Crippen molar-refractivity contribution in [3.63, 3.8) is 0 Å². The van der Waals surface area contributed by atoms with Crippen molar-refractivity contribution < 1.29 is 27.9 Å². The smallest absolute Gasteiger partial charge is 0.390 e. The van der Waals surface area contributed by atoms with E-state index in [1.54, 1.807) is 24.0 Å². The number of aryl methyl sites for hydroxylation is 2. The number of amides is 2. The number of thiazole rings is 1. The van der Waals surface area contributed by atoms with Gasteiger partial charge in [0.1, 0.15) is 10.7 Å². The van der Waals surface area contributed by atoms with Gasteiger partial charge in [-0.05, 0) is 62.4 Å². The average molecular weight is 652 g/mol. The van der Waals surface area contributed by atoms with Crippen molar-refractivity contribution in [2.45, 2.75) is 64.0 Å². The molecule has 8 nitrogen and oxygen atoms in total. The molecular formula is C34H36F3N5O3S. The van der Waals surface area contributed by atoms with Crippen molar-refractivity contribution in [3.05, 3.63) is 116 Å². The summed E-state index contributed by atoms with van der Waals surface area (Å²) in [5, 5.41) is 19.9. The lowest BCUT2D eigenvalue weighted by Gasteiger charge is -2.25. The zero-order valence-electron chi connectivity index (χ0n) is 25.6. The van der Waals surface area contributed by atoms with Crippen LogP contribution in [0.2, 0.25) is 0 Å². The van der Waals surface area contributed by atoms with Crippen molar-refractivity contribution in [2.75, 3.05) is 13.1 Å². The third-order valence-electron chi connectivity index (χ3n) is 7.89. The lowest BCUT2D eigenvalue weighted by molar-refractivity contribution is -0.137. The van der Waals surface area contributed by atoms with Crippen LogP contribution >= 0.6 is 11.3 Å². The van der Waals surface area contributed by atoms with E-state index in [4.69, 9.17) is 0 Å². The molecule has 4 aromatic rings. The van der Waals surface area contributed by atoms with Gasteiger partial charge in [0.2, 0.25) is 0 Å². The Morgan fingerprint density at radius 2 is 1.78 bits per heavy atom. The molecule has 2 amide bonds. The maximum atomic E-state index is 13.6.